The molecule has 1 aliphatic rings. The van der Waals surface area contributed by atoms with Crippen molar-refractivity contribution < 1.29 is 14.3 Å². The van der Waals surface area contributed by atoms with Crippen molar-refractivity contribution in [3.05, 3.63) is 46.6 Å². The second-order valence-electron chi connectivity index (χ2n) is 7.16. The van der Waals surface area contributed by atoms with Crippen LogP contribution in [-0.2, 0) is 24.1 Å². The first-order valence-corrected chi connectivity index (χ1v) is 11.1. The van der Waals surface area contributed by atoms with E-state index >= 15 is 0 Å². The van der Waals surface area contributed by atoms with Gasteiger partial charge in [0, 0.05) is 12.2 Å². The molecule has 1 aliphatic carbocycles. The Morgan fingerprint density at radius 3 is 2.77 bits per heavy atom. The maximum absolute atomic E-state index is 12.7. The van der Waals surface area contributed by atoms with Crippen LogP contribution in [0, 0.1) is 11.3 Å². The van der Waals surface area contributed by atoms with Crippen molar-refractivity contribution in [3.63, 3.8) is 0 Å². The highest BCUT2D eigenvalue weighted by molar-refractivity contribution is 8.00. The number of methoxy groups -OCH3 is 2. The normalized spacial score (nSPS) is 13.3. The van der Waals surface area contributed by atoms with Crippen molar-refractivity contribution in [2.24, 2.45) is 0 Å². The van der Waals surface area contributed by atoms with Crippen LogP contribution in [0.15, 0.2) is 29.3 Å². The van der Waals surface area contributed by atoms with Crippen molar-refractivity contribution in [3.8, 4) is 17.6 Å². The first-order valence-electron chi connectivity index (χ1n) is 10.2. The zero-order chi connectivity index (χ0) is 21.5. The third-order valence-corrected chi connectivity index (χ3v) is 6.58. The number of benzene rings is 1. The van der Waals surface area contributed by atoms with E-state index in [1.165, 1.54) is 17.3 Å². The van der Waals surface area contributed by atoms with E-state index in [1.54, 1.807) is 14.2 Å². The Balaban J connectivity index is 1.60. The molecule has 0 radical (unpaired) electrons. The number of hydrogen-bond donors (Lipinski definition) is 1. The summed E-state index contributed by atoms with van der Waals surface area (Å²) in [6.45, 7) is 2.50. The first-order chi connectivity index (χ1) is 14.6. The maximum atomic E-state index is 12.7. The van der Waals surface area contributed by atoms with Gasteiger partial charge in [-0.15, -0.1) is 0 Å². The molecule has 0 aliphatic heterocycles. The quantitative estimate of drug-likeness (QED) is 0.617. The summed E-state index contributed by atoms with van der Waals surface area (Å²) in [5, 5.41) is 12.9. The van der Waals surface area contributed by atoms with Gasteiger partial charge in [0.25, 0.3) is 0 Å². The molecule has 0 fully saturated rings. The van der Waals surface area contributed by atoms with Crippen LogP contribution in [0.25, 0.3) is 0 Å². The molecule has 0 saturated carbocycles. The Labute approximate surface area is 182 Å². The SMILES string of the molecule is CCC(Sc1nc2c(cc1C#N)CCC2)C(=O)NCCc1ccc(OC)c(OC)c1. The van der Waals surface area contributed by atoms with E-state index in [4.69, 9.17) is 14.5 Å². The molecule has 0 bridgehead atoms. The fraction of sp³-hybridized carbons (Fsp3) is 0.435. The van der Waals surface area contributed by atoms with Crippen LogP contribution in [-0.4, -0.2) is 36.9 Å². The molecule has 1 N–H and O–H groups in total. The average molecular weight is 426 g/mol. The van der Waals surface area contributed by atoms with E-state index in [0.717, 1.165) is 30.5 Å². The van der Waals surface area contributed by atoms with E-state index in [9.17, 15) is 10.1 Å². The van der Waals surface area contributed by atoms with Gasteiger partial charge in [-0.1, -0.05) is 24.8 Å². The molecule has 30 heavy (non-hydrogen) atoms. The van der Waals surface area contributed by atoms with Crippen molar-refractivity contribution in [1.29, 1.82) is 5.26 Å². The number of nitrogens with one attached hydrogen (secondary N) is 1. The van der Waals surface area contributed by atoms with Gasteiger partial charge in [0.05, 0.1) is 25.0 Å². The number of thioether (sulfide) groups is 1. The number of hydrogen-bond acceptors (Lipinski definition) is 6. The number of carbonyl (C=O) groups excluding carboxylic acids is 1. The third-order valence-electron chi connectivity index (χ3n) is 5.21. The van der Waals surface area contributed by atoms with E-state index in [1.807, 2.05) is 31.2 Å². The molecule has 1 aromatic heterocycles. The number of rotatable bonds is 9. The van der Waals surface area contributed by atoms with Gasteiger partial charge in [-0.25, -0.2) is 4.98 Å². The van der Waals surface area contributed by atoms with E-state index < -0.39 is 0 Å². The number of pyridine rings is 1. The third kappa shape index (κ3) is 5.06. The standard InChI is InChI=1S/C23H27N3O3S/c1-4-21(30-23-17(14-24)13-16-6-5-7-18(16)26-23)22(27)25-11-10-15-8-9-19(28-2)20(12-15)29-3/h8-9,12-13,21H,4-7,10-11H2,1-3H3,(H,25,27). The number of ether oxygens (including phenoxy) is 2. The van der Waals surface area contributed by atoms with Crippen LogP contribution in [0.3, 0.4) is 0 Å². The van der Waals surface area contributed by atoms with Crippen LogP contribution in [0.4, 0.5) is 0 Å². The number of aromatic nitrogens is 1. The smallest absolute Gasteiger partial charge is 0.233 e. The number of nitriles is 1. The highest BCUT2D eigenvalue weighted by Crippen LogP contribution is 2.31. The van der Waals surface area contributed by atoms with Gasteiger partial charge in [0.15, 0.2) is 11.5 Å². The number of aryl methyl sites for hydroxylation is 2. The van der Waals surface area contributed by atoms with Crippen LogP contribution >= 0.6 is 11.8 Å². The van der Waals surface area contributed by atoms with Gasteiger partial charge in [0.2, 0.25) is 5.91 Å². The summed E-state index contributed by atoms with van der Waals surface area (Å²) < 4.78 is 10.6. The molecule has 3 rings (SSSR count). The zero-order valence-corrected chi connectivity index (χ0v) is 18.5. The van der Waals surface area contributed by atoms with Crippen molar-refractivity contribution in [2.75, 3.05) is 20.8 Å². The number of nitrogens with zero attached hydrogens (tertiary/aromatic N) is 2. The Hall–Kier alpha value is -2.72. The van der Waals surface area contributed by atoms with Crippen LogP contribution in [0.2, 0.25) is 0 Å². The summed E-state index contributed by atoms with van der Waals surface area (Å²) in [6, 6.07) is 9.94. The second-order valence-corrected chi connectivity index (χ2v) is 8.35. The Kier molecular flexibility index (Phi) is 7.58. The van der Waals surface area contributed by atoms with E-state index in [-0.39, 0.29) is 11.2 Å². The van der Waals surface area contributed by atoms with Crippen LogP contribution in [0.5, 0.6) is 11.5 Å². The molecule has 0 saturated heterocycles. The van der Waals surface area contributed by atoms with Gasteiger partial charge in [0.1, 0.15) is 11.1 Å². The van der Waals surface area contributed by atoms with Crippen LogP contribution in [0.1, 0.15) is 42.1 Å². The van der Waals surface area contributed by atoms with E-state index in [0.29, 0.717) is 41.5 Å². The highest BCUT2D eigenvalue weighted by Gasteiger charge is 2.23. The van der Waals surface area contributed by atoms with Gasteiger partial charge in [-0.2, -0.15) is 5.26 Å². The maximum Gasteiger partial charge on any atom is 0.233 e. The number of fused-ring (bicyclic) bond motifs is 1. The molecule has 1 unspecified atom stereocenters. The number of amides is 1. The molecule has 158 valence electrons. The van der Waals surface area contributed by atoms with Crippen molar-refractivity contribution >= 4 is 17.7 Å². The minimum atomic E-state index is -0.283. The first kappa shape index (κ1) is 22.0. The van der Waals surface area contributed by atoms with Gasteiger partial charge >= 0.3 is 0 Å². The molecular weight excluding hydrogens is 398 g/mol. The molecule has 1 aromatic carbocycles. The predicted molar refractivity (Wildman–Crippen MR) is 117 cm³/mol. The predicted octanol–water partition coefficient (Wildman–Crippen LogP) is 3.69. The lowest BCUT2D eigenvalue weighted by Crippen LogP contribution is -2.33. The molecule has 1 amide bonds. The van der Waals surface area contributed by atoms with Gasteiger partial charge in [-0.3, -0.25) is 4.79 Å². The molecule has 0 spiro atoms. The average Bonchev–Trinajstić information content (AvgIpc) is 3.23. The molecule has 1 atom stereocenters. The number of carbonyl (C=O) groups is 1. The van der Waals surface area contributed by atoms with Crippen molar-refractivity contribution in [2.45, 2.75) is 49.3 Å². The summed E-state index contributed by atoms with van der Waals surface area (Å²) in [5.74, 6) is 1.33. The summed E-state index contributed by atoms with van der Waals surface area (Å²) in [6.07, 6.45) is 4.36. The lowest BCUT2D eigenvalue weighted by Gasteiger charge is -2.16. The second kappa shape index (κ2) is 10.4. The topological polar surface area (TPSA) is 84.2 Å². The molecule has 7 heteroatoms. The zero-order valence-electron chi connectivity index (χ0n) is 17.7. The fourth-order valence-electron chi connectivity index (χ4n) is 3.56. The Morgan fingerprint density at radius 2 is 2.07 bits per heavy atom. The Morgan fingerprint density at radius 1 is 1.27 bits per heavy atom. The monoisotopic (exact) mass is 425 g/mol. The largest absolute Gasteiger partial charge is 0.493 e. The fourth-order valence-corrected chi connectivity index (χ4v) is 4.58. The minimum Gasteiger partial charge on any atom is -0.493 e. The summed E-state index contributed by atoms with van der Waals surface area (Å²) in [5.41, 5.74) is 3.86. The molecule has 2 aromatic rings. The summed E-state index contributed by atoms with van der Waals surface area (Å²) in [4.78, 5) is 17.4. The molecule has 1 heterocycles. The summed E-state index contributed by atoms with van der Waals surface area (Å²) in [7, 11) is 3.21. The lowest BCUT2D eigenvalue weighted by molar-refractivity contribution is -0.120. The van der Waals surface area contributed by atoms with Gasteiger partial charge in [-0.05, 0) is 61.4 Å². The summed E-state index contributed by atoms with van der Waals surface area (Å²) >= 11 is 1.39. The highest BCUT2D eigenvalue weighted by atomic mass is 32.2. The van der Waals surface area contributed by atoms with Crippen molar-refractivity contribution in [1.82, 2.24) is 10.3 Å². The van der Waals surface area contributed by atoms with Crippen LogP contribution < -0.4 is 14.8 Å². The lowest BCUT2D eigenvalue weighted by atomic mass is 10.1. The Bertz CT molecular complexity index is 955. The molecular formula is C23H27N3O3S. The van der Waals surface area contributed by atoms with Gasteiger partial charge < -0.3 is 14.8 Å². The minimum absolute atomic E-state index is 0.0332. The molecule has 6 nitrogen and oxygen atoms in total. The van der Waals surface area contributed by atoms with E-state index in [2.05, 4.69) is 11.4 Å².